The largest absolute Gasteiger partial charge is 0.480 e. The third kappa shape index (κ3) is 5.26. The number of hydrogen-bond acceptors (Lipinski definition) is 5. The summed E-state index contributed by atoms with van der Waals surface area (Å²) < 4.78 is 1.07. The molecule has 1 fully saturated rings. The van der Waals surface area contributed by atoms with Crippen LogP contribution < -0.4 is 16.0 Å². The van der Waals surface area contributed by atoms with Gasteiger partial charge in [0.1, 0.15) is 6.54 Å². The van der Waals surface area contributed by atoms with Gasteiger partial charge < -0.3 is 21.1 Å². The van der Waals surface area contributed by atoms with E-state index in [0.29, 0.717) is 0 Å². The molecular formula is C18H19Cl2N5O4. The Labute approximate surface area is 176 Å². The fourth-order valence-corrected chi connectivity index (χ4v) is 3.59. The second kappa shape index (κ2) is 9.25. The van der Waals surface area contributed by atoms with E-state index in [1.807, 2.05) is 0 Å². The van der Waals surface area contributed by atoms with Gasteiger partial charge in [0, 0.05) is 6.04 Å². The van der Waals surface area contributed by atoms with Crippen molar-refractivity contribution in [3.8, 4) is 0 Å². The molecule has 154 valence electrons. The number of halogens is 2. The van der Waals surface area contributed by atoms with Crippen LogP contribution in [0.4, 0.5) is 5.69 Å². The van der Waals surface area contributed by atoms with Gasteiger partial charge >= 0.3 is 5.97 Å². The van der Waals surface area contributed by atoms with Crippen LogP contribution in [0.1, 0.15) is 33.7 Å². The molecule has 1 aliphatic rings. The van der Waals surface area contributed by atoms with Gasteiger partial charge in [-0.05, 0) is 38.1 Å². The van der Waals surface area contributed by atoms with Crippen molar-refractivity contribution in [2.24, 2.45) is 0 Å². The summed E-state index contributed by atoms with van der Waals surface area (Å²) in [4.78, 5) is 36.4. The van der Waals surface area contributed by atoms with E-state index in [1.165, 1.54) is 18.3 Å². The fourth-order valence-electron chi connectivity index (χ4n) is 3.02. The zero-order valence-corrected chi connectivity index (χ0v) is 16.8. The molecule has 3 rings (SSSR count). The molecule has 0 spiro atoms. The number of hydrogen-bond donors (Lipinski definition) is 4. The maximum Gasteiger partial charge on any atom is 0.325 e. The number of carbonyl (C=O) groups excluding carboxylic acids is 2. The van der Waals surface area contributed by atoms with Crippen molar-refractivity contribution in [2.75, 3.05) is 18.4 Å². The van der Waals surface area contributed by atoms with Crippen LogP contribution in [-0.2, 0) is 11.3 Å². The number of carboxylic acids is 1. The maximum atomic E-state index is 12.7. The van der Waals surface area contributed by atoms with Crippen molar-refractivity contribution in [1.29, 1.82) is 0 Å². The standard InChI is InChI=1S/C18H19Cl2N5O4/c19-11-2-1-3-12(20)15(11)17(28)23-13-8-25(9-14(26)27)24-16(13)18(29)22-10-4-6-21-7-5-10/h1-3,8,10,21H,4-7,9H2,(H,22,29)(H,23,28)(H,26,27). The number of anilines is 1. The third-order valence-electron chi connectivity index (χ3n) is 4.39. The van der Waals surface area contributed by atoms with Crippen molar-refractivity contribution < 1.29 is 19.5 Å². The molecule has 2 amide bonds. The van der Waals surface area contributed by atoms with Crippen LogP contribution in [0.2, 0.25) is 10.0 Å². The third-order valence-corrected chi connectivity index (χ3v) is 5.02. The molecule has 0 saturated carbocycles. The molecule has 2 heterocycles. The van der Waals surface area contributed by atoms with Crippen molar-refractivity contribution >= 4 is 46.7 Å². The zero-order valence-electron chi connectivity index (χ0n) is 15.2. The highest BCUT2D eigenvalue weighted by molar-refractivity contribution is 6.40. The number of piperidine rings is 1. The number of rotatable bonds is 6. The molecule has 1 saturated heterocycles. The van der Waals surface area contributed by atoms with E-state index in [-0.39, 0.29) is 33.0 Å². The van der Waals surface area contributed by atoms with Crippen molar-refractivity contribution in [2.45, 2.75) is 25.4 Å². The Morgan fingerprint density at radius 1 is 1.17 bits per heavy atom. The Balaban J connectivity index is 1.85. The van der Waals surface area contributed by atoms with Gasteiger partial charge in [0.25, 0.3) is 11.8 Å². The second-order valence-electron chi connectivity index (χ2n) is 6.53. The summed E-state index contributed by atoms with van der Waals surface area (Å²) in [5.74, 6) is -2.27. The Kier molecular flexibility index (Phi) is 6.73. The molecule has 1 aromatic carbocycles. The average Bonchev–Trinajstić information content (AvgIpc) is 3.04. The topological polar surface area (TPSA) is 125 Å². The van der Waals surface area contributed by atoms with E-state index in [0.717, 1.165) is 30.6 Å². The van der Waals surface area contributed by atoms with Gasteiger partial charge in [-0.15, -0.1) is 0 Å². The monoisotopic (exact) mass is 439 g/mol. The van der Waals surface area contributed by atoms with Gasteiger partial charge in [-0.1, -0.05) is 29.3 Å². The fraction of sp³-hybridized carbons (Fsp3) is 0.333. The second-order valence-corrected chi connectivity index (χ2v) is 7.35. The average molecular weight is 440 g/mol. The molecule has 1 aliphatic heterocycles. The molecule has 0 aliphatic carbocycles. The van der Waals surface area contributed by atoms with Crippen molar-refractivity contribution in [1.82, 2.24) is 20.4 Å². The lowest BCUT2D eigenvalue weighted by Crippen LogP contribution is -2.43. The zero-order chi connectivity index (χ0) is 21.0. The molecule has 1 aromatic heterocycles. The number of aromatic nitrogens is 2. The smallest absolute Gasteiger partial charge is 0.325 e. The summed E-state index contributed by atoms with van der Waals surface area (Å²) in [5.41, 5.74) is 0.0338. The minimum atomic E-state index is -1.13. The Hall–Kier alpha value is -2.62. The number of benzene rings is 1. The summed E-state index contributed by atoms with van der Waals surface area (Å²) in [6.45, 7) is 1.11. The molecule has 0 bridgehead atoms. The summed E-state index contributed by atoms with van der Waals surface area (Å²) in [7, 11) is 0. The highest BCUT2D eigenvalue weighted by Crippen LogP contribution is 2.26. The van der Waals surface area contributed by atoms with Crippen LogP contribution in [0.15, 0.2) is 24.4 Å². The van der Waals surface area contributed by atoms with E-state index in [2.05, 4.69) is 21.0 Å². The summed E-state index contributed by atoms with van der Waals surface area (Å²) in [6.07, 6.45) is 2.81. The summed E-state index contributed by atoms with van der Waals surface area (Å²) in [5, 5.41) is 22.0. The molecular weight excluding hydrogens is 421 g/mol. The van der Waals surface area contributed by atoms with E-state index in [4.69, 9.17) is 28.3 Å². The number of nitrogens with zero attached hydrogens (tertiary/aromatic N) is 2. The highest BCUT2D eigenvalue weighted by Gasteiger charge is 2.24. The van der Waals surface area contributed by atoms with Crippen molar-refractivity contribution in [3.05, 3.63) is 45.7 Å². The number of carboxylic acid groups (broad SMARTS) is 1. The summed E-state index contributed by atoms with van der Waals surface area (Å²) >= 11 is 12.1. The lowest BCUT2D eigenvalue weighted by atomic mass is 10.1. The van der Waals surface area contributed by atoms with Crippen LogP contribution in [0, 0.1) is 0 Å². The van der Waals surface area contributed by atoms with Gasteiger partial charge in [0.05, 0.1) is 27.5 Å². The van der Waals surface area contributed by atoms with Gasteiger partial charge in [0.2, 0.25) is 0 Å². The number of aliphatic carboxylic acids is 1. The van der Waals surface area contributed by atoms with Crippen LogP contribution in [0.25, 0.3) is 0 Å². The quantitative estimate of drug-likeness (QED) is 0.545. The van der Waals surface area contributed by atoms with Crippen LogP contribution in [-0.4, -0.2) is 51.8 Å². The SMILES string of the molecule is O=C(O)Cn1cc(NC(=O)c2c(Cl)cccc2Cl)c(C(=O)NC2CCNCC2)n1. The first-order valence-electron chi connectivity index (χ1n) is 8.91. The van der Waals surface area contributed by atoms with Crippen LogP contribution in [0.3, 0.4) is 0 Å². The van der Waals surface area contributed by atoms with Crippen LogP contribution >= 0.6 is 23.2 Å². The Morgan fingerprint density at radius 3 is 2.45 bits per heavy atom. The van der Waals surface area contributed by atoms with Crippen molar-refractivity contribution in [3.63, 3.8) is 0 Å². The molecule has 9 nitrogen and oxygen atoms in total. The minimum absolute atomic E-state index is 0.0325. The molecule has 0 radical (unpaired) electrons. The molecule has 0 unspecified atom stereocenters. The van der Waals surface area contributed by atoms with Gasteiger partial charge in [0.15, 0.2) is 5.69 Å². The molecule has 11 heteroatoms. The van der Waals surface area contributed by atoms with E-state index >= 15 is 0 Å². The first-order chi connectivity index (χ1) is 13.8. The maximum absolute atomic E-state index is 12.7. The lowest BCUT2D eigenvalue weighted by Gasteiger charge is -2.23. The van der Waals surface area contributed by atoms with Gasteiger partial charge in [-0.3, -0.25) is 19.1 Å². The molecule has 0 atom stereocenters. The Morgan fingerprint density at radius 2 is 1.83 bits per heavy atom. The predicted molar refractivity (Wildman–Crippen MR) is 108 cm³/mol. The molecule has 2 aromatic rings. The number of amides is 2. The van der Waals surface area contributed by atoms with E-state index in [1.54, 1.807) is 6.07 Å². The highest BCUT2D eigenvalue weighted by atomic mass is 35.5. The number of nitrogens with one attached hydrogen (secondary N) is 3. The lowest BCUT2D eigenvalue weighted by molar-refractivity contribution is -0.137. The molecule has 29 heavy (non-hydrogen) atoms. The van der Waals surface area contributed by atoms with E-state index < -0.39 is 24.3 Å². The first-order valence-corrected chi connectivity index (χ1v) is 9.67. The van der Waals surface area contributed by atoms with Gasteiger partial charge in [-0.2, -0.15) is 5.10 Å². The molecule has 4 N–H and O–H groups in total. The normalized spacial score (nSPS) is 14.4. The predicted octanol–water partition coefficient (Wildman–Crippen LogP) is 2.01. The van der Waals surface area contributed by atoms with Crippen LogP contribution in [0.5, 0.6) is 0 Å². The summed E-state index contributed by atoms with van der Waals surface area (Å²) in [6, 6.07) is 4.60. The first kappa shape index (κ1) is 21.1. The Bertz CT molecular complexity index is 920. The van der Waals surface area contributed by atoms with E-state index in [9.17, 15) is 14.4 Å². The minimum Gasteiger partial charge on any atom is -0.480 e. The van der Waals surface area contributed by atoms with Gasteiger partial charge in [-0.25, -0.2) is 0 Å². The number of carbonyl (C=O) groups is 3.